The summed E-state index contributed by atoms with van der Waals surface area (Å²) in [6.45, 7) is 4.49. The molecule has 1 aromatic carbocycles. The van der Waals surface area contributed by atoms with Crippen molar-refractivity contribution in [3.8, 4) is 0 Å². The van der Waals surface area contributed by atoms with Crippen LogP contribution in [0.25, 0.3) is 0 Å². The van der Waals surface area contributed by atoms with Crippen LogP contribution in [-0.4, -0.2) is 24.0 Å². The first-order valence-electron chi connectivity index (χ1n) is 6.74. The molecule has 1 fully saturated rings. The highest BCUT2D eigenvalue weighted by atomic mass is 35.5. The second-order valence-electron chi connectivity index (χ2n) is 4.93. The molecule has 0 amide bonds. The zero-order valence-corrected chi connectivity index (χ0v) is 11.4. The Morgan fingerprint density at radius 3 is 2.76 bits per heavy atom. The van der Waals surface area contributed by atoms with Crippen molar-refractivity contribution in [2.45, 2.75) is 44.0 Å². The lowest BCUT2D eigenvalue weighted by Gasteiger charge is -2.36. The molecule has 17 heavy (non-hydrogen) atoms. The summed E-state index contributed by atoms with van der Waals surface area (Å²) >= 11 is 6.52. The van der Waals surface area contributed by atoms with Crippen LogP contribution < -0.4 is 0 Å². The Bertz CT molecular complexity index is 325. The average molecular weight is 252 g/mol. The van der Waals surface area contributed by atoms with Gasteiger partial charge in [0.25, 0.3) is 0 Å². The van der Waals surface area contributed by atoms with E-state index in [1.165, 1.54) is 37.8 Å². The molecule has 2 heteroatoms. The number of halogens is 1. The summed E-state index contributed by atoms with van der Waals surface area (Å²) in [6, 6.07) is 11.2. The molecule has 1 aromatic rings. The molecule has 1 aliphatic rings. The van der Waals surface area contributed by atoms with Gasteiger partial charge < -0.3 is 0 Å². The van der Waals surface area contributed by atoms with Gasteiger partial charge in [-0.2, -0.15) is 0 Å². The molecule has 2 unspecified atom stereocenters. The van der Waals surface area contributed by atoms with E-state index in [9.17, 15) is 0 Å². The van der Waals surface area contributed by atoms with Gasteiger partial charge in [-0.15, -0.1) is 11.6 Å². The molecular weight excluding hydrogens is 230 g/mol. The lowest BCUT2D eigenvalue weighted by molar-refractivity contribution is 0.144. The van der Waals surface area contributed by atoms with E-state index in [1.807, 2.05) is 6.07 Å². The van der Waals surface area contributed by atoms with Crippen LogP contribution in [0.5, 0.6) is 0 Å². The Kier molecular flexibility index (Phi) is 4.87. The number of alkyl halides is 1. The first kappa shape index (κ1) is 12.9. The van der Waals surface area contributed by atoms with Gasteiger partial charge in [-0.1, -0.05) is 43.7 Å². The number of likely N-dealkylation sites (tertiary alicyclic amines) is 1. The van der Waals surface area contributed by atoms with E-state index < -0.39 is 0 Å². The highest BCUT2D eigenvalue weighted by Gasteiger charge is 2.23. The molecule has 0 aliphatic carbocycles. The van der Waals surface area contributed by atoms with Crippen LogP contribution in [0.3, 0.4) is 0 Å². The van der Waals surface area contributed by atoms with Crippen molar-refractivity contribution < 1.29 is 0 Å². The van der Waals surface area contributed by atoms with E-state index in [-0.39, 0.29) is 5.38 Å². The Morgan fingerprint density at radius 2 is 2.06 bits per heavy atom. The van der Waals surface area contributed by atoms with Gasteiger partial charge in [0.15, 0.2) is 0 Å². The lowest BCUT2D eigenvalue weighted by atomic mass is 9.99. The normalized spacial score (nSPS) is 23.5. The van der Waals surface area contributed by atoms with E-state index in [2.05, 4.69) is 36.1 Å². The minimum atomic E-state index is 0.128. The third-order valence-corrected chi connectivity index (χ3v) is 4.17. The first-order valence-corrected chi connectivity index (χ1v) is 7.18. The molecule has 1 nitrogen and oxygen atoms in total. The predicted molar refractivity (Wildman–Crippen MR) is 74.5 cm³/mol. The minimum absolute atomic E-state index is 0.128. The van der Waals surface area contributed by atoms with Crippen LogP contribution in [0.15, 0.2) is 30.3 Å². The fraction of sp³-hybridized carbons (Fsp3) is 0.600. The maximum absolute atomic E-state index is 6.52. The Labute approximate surface area is 110 Å². The van der Waals surface area contributed by atoms with Crippen molar-refractivity contribution >= 4 is 11.6 Å². The zero-order valence-electron chi connectivity index (χ0n) is 10.6. The van der Waals surface area contributed by atoms with E-state index in [1.54, 1.807) is 0 Å². The quantitative estimate of drug-likeness (QED) is 0.724. The molecule has 1 saturated heterocycles. The molecule has 94 valence electrons. The zero-order chi connectivity index (χ0) is 12.1. The smallest absolute Gasteiger partial charge is 0.0712 e. The molecule has 0 aromatic heterocycles. The van der Waals surface area contributed by atoms with Crippen molar-refractivity contribution in [3.63, 3.8) is 0 Å². The molecule has 0 spiro atoms. The summed E-state index contributed by atoms with van der Waals surface area (Å²) < 4.78 is 0. The molecule has 0 N–H and O–H groups in total. The monoisotopic (exact) mass is 251 g/mol. The molecule has 2 atom stereocenters. The van der Waals surface area contributed by atoms with Gasteiger partial charge in [-0.3, -0.25) is 4.90 Å². The van der Waals surface area contributed by atoms with E-state index >= 15 is 0 Å². The molecule has 1 heterocycles. The lowest BCUT2D eigenvalue weighted by Crippen LogP contribution is -2.40. The maximum Gasteiger partial charge on any atom is 0.0712 e. The fourth-order valence-corrected chi connectivity index (χ4v) is 3.06. The van der Waals surface area contributed by atoms with Crippen molar-refractivity contribution in [2.24, 2.45) is 0 Å². The van der Waals surface area contributed by atoms with Crippen molar-refractivity contribution in [3.05, 3.63) is 35.9 Å². The number of nitrogens with zero attached hydrogens (tertiary/aromatic N) is 1. The first-order chi connectivity index (χ1) is 8.31. The van der Waals surface area contributed by atoms with Gasteiger partial charge in [0.1, 0.15) is 0 Å². The second kappa shape index (κ2) is 6.42. The summed E-state index contributed by atoms with van der Waals surface area (Å²) in [5, 5.41) is 0.128. The van der Waals surface area contributed by atoms with E-state index in [0.717, 1.165) is 12.6 Å². The number of benzene rings is 1. The van der Waals surface area contributed by atoms with E-state index in [0.29, 0.717) is 0 Å². The minimum Gasteiger partial charge on any atom is -0.299 e. The standard InChI is InChI=1S/C15H22ClN/c1-2-14-10-6-7-11-17(14)12-15(16)13-8-4-3-5-9-13/h3-5,8-9,14-15H,2,6-7,10-12H2,1H3. The van der Waals surface area contributed by atoms with Crippen molar-refractivity contribution in [1.82, 2.24) is 4.90 Å². The average Bonchev–Trinajstić information content (AvgIpc) is 2.40. The predicted octanol–water partition coefficient (Wildman–Crippen LogP) is 4.23. The largest absolute Gasteiger partial charge is 0.299 e. The molecule has 1 aliphatic heterocycles. The maximum atomic E-state index is 6.52. The Hall–Kier alpha value is -0.530. The van der Waals surface area contributed by atoms with Crippen molar-refractivity contribution in [2.75, 3.05) is 13.1 Å². The molecule has 0 saturated carbocycles. The molecular formula is C15H22ClN. The van der Waals surface area contributed by atoms with Gasteiger partial charge in [-0.25, -0.2) is 0 Å². The molecule has 2 rings (SSSR count). The third kappa shape index (κ3) is 3.46. The van der Waals surface area contributed by atoms with Crippen LogP contribution >= 0.6 is 11.6 Å². The number of rotatable bonds is 4. The highest BCUT2D eigenvalue weighted by Crippen LogP contribution is 2.26. The summed E-state index contributed by atoms with van der Waals surface area (Å²) in [5.74, 6) is 0. The van der Waals surface area contributed by atoms with Gasteiger partial charge in [0.05, 0.1) is 5.38 Å². The number of piperidine rings is 1. The van der Waals surface area contributed by atoms with Crippen LogP contribution in [0, 0.1) is 0 Å². The third-order valence-electron chi connectivity index (χ3n) is 3.78. The topological polar surface area (TPSA) is 3.24 Å². The van der Waals surface area contributed by atoms with Gasteiger partial charge in [-0.05, 0) is 31.4 Å². The molecule has 0 radical (unpaired) electrons. The second-order valence-corrected chi connectivity index (χ2v) is 5.46. The van der Waals surface area contributed by atoms with Gasteiger partial charge >= 0.3 is 0 Å². The summed E-state index contributed by atoms with van der Waals surface area (Å²) in [6.07, 6.45) is 5.30. The van der Waals surface area contributed by atoms with Crippen LogP contribution in [0.4, 0.5) is 0 Å². The van der Waals surface area contributed by atoms with Gasteiger partial charge in [0.2, 0.25) is 0 Å². The fourth-order valence-electron chi connectivity index (χ4n) is 2.74. The van der Waals surface area contributed by atoms with Crippen LogP contribution in [-0.2, 0) is 0 Å². The SMILES string of the molecule is CCC1CCCCN1CC(Cl)c1ccccc1. The number of hydrogen-bond donors (Lipinski definition) is 0. The van der Waals surface area contributed by atoms with Crippen molar-refractivity contribution in [1.29, 1.82) is 0 Å². The van der Waals surface area contributed by atoms with Gasteiger partial charge in [0, 0.05) is 12.6 Å². The highest BCUT2D eigenvalue weighted by molar-refractivity contribution is 6.21. The molecule has 0 bridgehead atoms. The summed E-state index contributed by atoms with van der Waals surface area (Å²) in [4.78, 5) is 2.58. The van der Waals surface area contributed by atoms with Crippen LogP contribution in [0.1, 0.15) is 43.5 Å². The van der Waals surface area contributed by atoms with E-state index in [4.69, 9.17) is 11.6 Å². The summed E-state index contributed by atoms with van der Waals surface area (Å²) in [5.41, 5.74) is 1.24. The Balaban J connectivity index is 1.95. The summed E-state index contributed by atoms with van der Waals surface area (Å²) in [7, 11) is 0. The Morgan fingerprint density at radius 1 is 1.29 bits per heavy atom. The number of hydrogen-bond acceptors (Lipinski definition) is 1. The van der Waals surface area contributed by atoms with Crippen LogP contribution in [0.2, 0.25) is 0 Å².